The molecule has 232 valence electrons. The number of halogens is 3. The second-order valence-electron chi connectivity index (χ2n) is 12.6. The van der Waals surface area contributed by atoms with Gasteiger partial charge in [-0.1, -0.05) is 97.1 Å². The van der Waals surface area contributed by atoms with Gasteiger partial charge in [0.1, 0.15) is 0 Å². The van der Waals surface area contributed by atoms with Crippen LogP contribution >= 0.6 is 11.8 Å². The smallest absolute Gasteiger partial charge is 0.311 e. The maximum Gasteiger partial charge on any atom is 0.446 e. The molecule has 0 spiro atoms. The Hall–Kier alpha value is -5.14. The lowest BCUT2D eigenvalue weighted by Crippen LogP contribution is -2.61. The molecule has 0 unspecified atom stereocenters. The molecule has 48 heavy (non-hydrogen) atoms. The lowest BCUT2D eigenvalue weighted by molar-refractivity contribution is -0.0328. The Morgan fingerprint density at radius 3 is 1.33 bits per heavy atom. The number of fused-ring (bicyclic) bond motifs is 8. The molecule has 0 radical (unpaired) electrons. The van der Waals surface area contributed by atoms with Gasteiger partial charge in [-0.2, -0.15) is 13.2 Å². The molecule has 0 saturated heterocycles. The van der Waals surface area contributed by atoms with Crippen molar-refractivity contribution >= 4 is 90.5 Å². The van der Waals surface area contributed by atoms with Crippen molar-refractivity contribution in [1.29, 1.82) is 0 Å². The number of anilines is 6. The zero-order valence-electron chi connectivity index (χ0n) is 26.2. The third kappa shape index (κ3) is 4.37. The highest BCUT2D eigenvalue weighted by molar-refractivity contribution is 8.00. The highest BCUT2D eigenvalue weighted by atomic mass is 32.2. The summed E-state index contributed by atoms with van der Waals surface area (Å²) in [5, 5.41) is 4.39. The molecule has 7 heteroatoms. The van der Waals surface area contributed by atoms with E-state index in [0.29, 0.717) is 0 Å². The molecule has 0 amide bonds. The van der Waals surface area contributed by atoms with Gasteiger partial charge in [0.25, 0.3) is 6.71 Å². The second kappa shape index (κ2) is 10.7. The Morgan fingerprint density at radius 1 is 0.521 bits per heavy atom. The number of benzene rings is 7. The van der Waals surface area contributed by atoms with Crippen LogP contribution in [0.4, 0.5) is 47.3 Å². The predicted molar refractivity (Wildman–Crippen MR) is 197 cm³/mol. The van der Waals surface area contributed by atoms with E-state index in [2.05, 4.69) is 60.0 Å². The van der Waals surface area contributed by atoms with Crippen molar-refractivity contribution in [3.05, 3.63) is 145 Å². The SMILES string of the molecule is Cc1cc2c(c3ccccc13)N(c1ccccc1)c1cc(SC(F)(F)F)cc3c1B2c1cc(C)c2ccccc2c1N3c1ccccc1. The van der Waals surface area contributed by atoms with Gasteiger partial charge in [-0.05, 0) is 100 Å². The first-order valence-corrected chi connectivity index (χ1v) is 16.8. The van der Waals surface area contributed by atoms with Gasteiger partial charge in [-0.15, -0.1) is 0 Å². The number of rotatable bonds is 3. The number of alkyl halides is 3. The molecule has 7 aromatic carbocycles. The summed E-state index contributed by atoms with van der Waals surface area (Å²) >= 11 is -0.0557. The van der Waals surface area contributed by atoms with Crippen LogP contribution in [0.2, 0.25) is 0 Å². The molecule has 9 rings (SSSR count). The predicted octanol–water partition coefficient (Wildman–Crippen LogP) is 10.3. The van der Waals surface area contributed by atoms with Gasteiger partial charge < -0.3 is 9.80 Å². The summed E-state index contributed by atoms with van der Waals surface area (Å²) in [5.41, 5.74) is 6.47. The van der Waals surface area contributed by atoms with Gasteiger partial charge in [-0.3, -0.25) is 0 Å². The number of hydrogen-bond donors (Lipinski definition) is 0. The van der Waals surface area contributed by atoms with E-state index in [1.54, 1.807) is 12.1 Å². The molecule has 0 aromatic heterocycles. The van der Waals surface area contributed by atoms with Crippen LogP contribution < -0.4 is 26.2 Å². The van der Waals surface area contributed by atoms with Crippen molar-refractivity contribution in [2.75, 3.05) is 9.80 Å². The van der Waals surface area contributed by atoms with Crippen LogP contribution in [0.25, 0.3) is 21.5 Å². The number of hydrogen-bond acceptors (Lipinski definition) is 3. The van der Waals surface area contributed by atoms with Crippen LogP contribution in [0.1, 0.15) is 11.1 Å². The largest absolute Gasteiger partial charge is 0.446 e. The Kier molecular flexibility index (Phi) is 6.47. The van der Waals surface area contributed by atoms with E-state index in [1.165, 1.54) is 0 Å². The fourth-order valence-corrected chi connectivity index (χ4v) is 8.55. The lowest BCUT2D eigenvalue weighted by Gasteiger charge is -2.45. The standard InChI is InChI=1S/C41H28BF3N2S/c1-25-21-34-39(32-19-11-9-17-30(25)32)46(27-13-5-3-6-14-27)36-23-29(48-41(43,44)45)24-37-38(36)42(34)35-22-26(2)31-18-10-12-20-33(31)40(35)47(37)28-15-7-4-8-16-28/h3-24H,1-2H3. The topological polar surface area (TPSA) is 6.48 Å². The normalized spacial score (nSPS) is 13.5. The minimum Gasteiger partial charge on any atom is -0.311 e. The quantitative estimate of drug-likeness (QED) is 0.139. The Morgan fingerprint density at radius 2 is 0.917 bits per heavy atom. The Balaban J connectivity index is 1.49. The average Bonchev–Trinajstić information content (AvgIpc) is 3.09. The molecule has 2 aliphatic heterocycles. The zero-order valence-corrected chi connectivity index (χ0v) is 27.0. The molecule has 0 bridgehead atoms. The van der Waals surface area contributed by atoms with Crippen LogP contribution in [0, 0.1) is 13.8 Å². The van der Waals surface area contributed by atoms with E-state index in [1.807, 2.05) is 84.9 Å². The summed E-state index contributed by atoms with van der Waals surface area (Å²) in [4.78, 5) is 4.53. The summed E-state index contributed by atoms with van der Waals surface area (Å²) in [5.74, 6) is 0. The molecule has 7 aromatic rings. The van der Waals surface area contributed by atoms with Crippen LogP contribution in [0.15, 0.2) is 138 Å². The van der Waals surface area contributed by atoms with Gasteiger partial charge in [-0.25, -0.2) is 0 Å². The molecular weight excluding hydrogens is 620 g/mol. The molecule has 0 fully saturated rings. The van der Waals surface area contributed by atoms with Crippen LogP contribution in [0.5, 0.6) is 0 Å². The van der Waals surface area contributed by atoms with Gasteiger partial charge in [0.15, 0.2) is 0 Å². The molecule has 2 heterocycles. The molecular formula is C41H28BF3N2S. The van der Waals surface area contributed by atoms with E-state index in [0.717, 1.165) is 83.2 Å². The number of aryl methyl sites for hydroxylation is 2. The minimum absolute atomic E-state index is 0.0557. The summed E-state index contributed by atoms with van der Waals surface area (Å²) in [6.45, 7) is 4.10. The Labute approximate surface area is 281 Å². The molecule has 2 aliphatic rings. The van der Waals surface area contributed by atoms with E-state index in [9.17, 15) is 13.2 Å². The lowest BCUT2D eigenvalue weighted by atomic mass is 9.33. The van der Waals surface area contributed by atoms with Crippen LogP contribution in [-0.4, -0.2) is 12.2 Å². The maximum atomic E-state index is 14.3. The fraction of sp³-hybridized carbons (Fsp3) is 0.0732. The number of para-hydroxylation sites is 2. The Bertz CT molecular complexity index is 2250. The average molecular weight is 649 g/mol. The van der Waals surface area contributed by atoms with Gasteiger partial charge in [0.05, 0.1) is 0 Å². The first-order valence-electron chi connectivity index (χ1n) is 16.0. The third-order valence-corrected chi connectivity index (χ3v) is 10.4. The van der Waals surface area contributed by atoms with E-state index in [-0.39, 0.29) is 23.4 Å². The number of nitrogens with zero attached hydrogens (tertiary/aromatic N) is 2. The highest BCUT2D eigenvalue weighted by Crippen LogP contribution is 2.50. The maximum absolute atomic E-state index is 14.3. The second-order valence-corrected chi connectivity index (χ2v) is 13.7. The summed E-state index contributed by atoms with van der Waals surface area (Å²) in [6.07, 6.45) is 0. The molecule has 0 N–H and O–H groups in total. The molecule has 2 nitrogen and oxygen atoms in total. The van der Waals surface area contributed by atoms with Crippen molar-refractivity contribution in [3.8, 4) is 0 Å². The monoisotopic (exact) mass is 648 g/mol. The van der Waals surface area contributed by atoms with Gasteiger partial charge in [0.2, 0.25) is 0 Å². The zero-order chi connectivity index (χ0) is 32.7. The molecule has 0 atom stereocenters. The van der Waals surface area contributed by atoms with Crippen molar-refractivity contribution < 1.29 is 13.2 Å². The summed E-state index contributed by atoms with van der Waals surface area (Å²) < 4.78 is 42.8. The first kappa shape index (κ1) is 29.0. The third-order valence-electron chi connectivity index (χ3n) is 9.72. The molecule has 0 aliphatic carbocycles. The molecule has 0 saturated carbocycles. The van der Waals surface area contributed by atoms with E-state index >= 15 is 0 Å². The summed E-state index contributed by atoms with van der Waals surface area (Å²) in [6, 6.07) is 44.9. The van der Waals surface area contributed by atoms with Crippen molar-refractivity contribution in [2.24, 2.45) is 0 Å². The fourth-order valence-electron chi connectivity index (χ4n) is 7.94. The number of thioether (sulfide) groups is 1. The van der Waals surface area contributed by atoms with Gasteiger partial charge >= 0.3 is 5.51 Å². The first-order chi connectivity index (χ1) is 23.3. The van der Waals surface area contributed by atoms with Crippen LogP contribution in [-0.2, 0) is 0 Å². The highest BCUT2D eigenvalue weighted by Gasteiger charge is 2.45. The van der Waals surface area contributed by atoms with Crippen LogP contribution in [0.3, 0.4) is 0 Å². The van der Waals surface area contributed by atoms with Crippen molar-refractivity contribution in [1.82, 2.24) is 0 Å². The van der Waals surface area contributed by atoms with E-state index < -0.39 is 5.51 Å². The van der Waals surface area contributed by atoms with Crippen molar-refractivity contribution in [3.63, 3.8) is 0 Å². The van der Waals surface area contributed by atoms with Gasteiger partial charge in [0, 0.05) is 49.8 Å². The minimum atomic E-state index is -4.46. The van der Waals surface area contributed by atoms with Crippen molar-refractivity contribution in [2.45, 2.75) is 24.3 Å². The van der Waals surface area contributed by atoms with E-state index in [4.69, 9.17) is 0 Å². The summed E-state index contributed by atoms with van der Waals surface area (Å²) in [7, 11) is 0.